The van der Waals surface area contributed by atoms with Crippen molar-refractivity contribution < 1.29 is 14.4 Å². The van der Waals surface area contributed by atoms with E-state index in [4.69, 9.17) is 14.4 Å². The summed E-state index contributed by atoms with van der Waals surface area (Å²) in [6.07, 6.45) is 0.880. The molecule has 2 aromatic carbocycles. The van der Waals surface area contributed by atoms with Crippen molar-refractivity contribution in [3.63, 3.8) is 0 Å². The van der Waals surface area contributed by atoms with Gasteiger partial charge in [0.2, 0.25) is 0 Å². The molecular weight excluding hydrogens is 278 g/mol. The van der Waals surface area contributed by atoms with E-state index in [1.165, 1.54) is 5.56 Å². The first-order valence-electron chi connectivity index (χ1n) is 7.19. The second kappa shape index (κ2) is 6.91. The van der Waals surface area contributed by atoms with Gasteiger partial charge >= 0.3 is 0 Å². The number of benzene rings is 2. The van der Waals surface area contributed by atoms with Gasteiger partial charge in [-0.1, -0.05) is 35.5 Å². The molecule has 3 aromatic rings. The predicted octanol–water partition coefficient (Wildman–Crippen LogP) is 3.46. The number of rotatable bonds is 6. The Morgan fingerprint density at radius 2 is 1.77 bits per heavy atom. The van der Waals surface area contributed by atoms with E-state index in [2.05, 4.69) is 17.3 Å². The summed E-state index contributed by atoms with van der Waals surface area (Å²) in [5, 5.41) is 12.8. The van der Waals surface area contributed by atoms with Crippen molar-refractivity contribution in [3.05, 3.63) is 71.9 Å². The van der Waals surface area contributed by atoms with Crippen LogP contribution in [0.2, 0.25) is 0 Å². The zero-order chi connectivity index (χ0) is 15.2. The van der Waals surface area contributed by atoms with Crippen molar-refractivity contribution in [2.75, 3.05) is 6.61 Å². The summed E-state index contributed by atoms with van der Waals surface area (Å²) in [6.45, 7) is 0.518. The fourth-order valence-electron chi connectivity index (χ4n) is 2.17. The lowest BCUT2D eigenvalue weighted by Crippen LogP contribution is -2.00. The van der Waals surface area contributed by atoms with Crippen LogP contribution in [-0.2, 0) is 13.0 Å². The smallest absolute Gasteiger partial charge is 0.167 e. The van der Waals surface area contributed by atoms with Crippen molar-refractivity contribution in [1.29, 1.82) is 0 Å². The van der Waals surface area contributed by atoms with Gasteiger partial charge in [0, 0.05) is 18.1 Å². The van der Waals surface area contributed by atoms with Crippen LogP contribution < -0.4 is 4.74 Å². The standard InChI is InChI=1S/C18H17NO3/c20-13-16-12-18(22-19-16)15-6-8-17(9-7-15)21-11-10-14-4-2-1-3-5-14/h1-9,12,20H,10-11,13H2. The highest BCUT2D eigenvalue weighted by atomic mass is 16.5. The van der Waals surface area contributed by atoms with E-state index in [-0.39, 0.29) is 6.61 Å². The van der Waals surface area contributed by atoms with Crippen molar-refractivity contribution in [2.45, 2.75) is 13.0 Å². The van der Waals surface area contributed by atoms with Crippen LogP contribution in [0.5, 0.6) is 5.75 Å². The van der Waals surface area contributed by atoms with Crippen molar-refractivity contribution in [1.82, 2.24) is 5.16 Å². The molecule has 1 heterocycles. The Morgan fingerprint density at radius 1 is 1.00 bits per heavy atom. The van der Waals surface area contributed by atoms with E-state index < -0.39 is 0 Å². The van der Waals surface area contributed by atoms with E-state index in [0.717, 1.165) is 17.7 Å². The minimum Gasteiger partial charge on any atom is -0.493 e. The molecule has 0 amide bonds. The Labute approximate surface area is 129 Å². The summed E-state index contributed by atoms with van der Waals surface area (Å²) in [5.74, 6) is 1.46. The molecule has 1 N–H and O–H groups in total. The highest BCUT2D eigenvalue weighted by molar-refractivity contribution is 5.58. The molecule has 112 valence electrons. The van der Waals surface area contributed by atoms with Crippen molar-refractivity contribution in [2.24, 2.45) is 0 Å². The number of nitrogens with zero attached hydrogens (tertiary/aromatic N) is 1. The molecule has 0 aliphatic carbocycles. The predicted molar refractivity (Wildman–Crippen MR) is 83.5 cm³/mol. The molecule has 0 bridgehead atoms. The van der Waals surface area contributed by atoms with Crippen LogP contribution in [0, 0.1) is 0 Å². The van der Waals surface area contributed by atoms with Gasteiger partial charge in [-0.15, -0.1) is 0 Å². The molecule has 22 heavy (non-hydrogen) atoms. The number of aliphatic hydroxyl groups excluding tert-OH is 1. The zero-order valence-corrected chi connectivity index (χ0v) is 12.1. The molecule has 0 aliphatic heterocycles. The van der Waals surface area contributed by atoms with Gasteiger partial charge in [0.05, 0.1) is 13.2 Å². The SMILES string of the molecule is OCc1cc(-c2ccc(OCCc3ccccc3)cc2)on1. The lowest BCUT2D eigenvalue weighted by atomic mass is 10.1. The first-order valence-corrected chi connectivity index (χ1v) is 7.19. The average molecular weight is 295 g/mol. The van der Waals surface area contributed by atoms with E-state index in [0.29, 0.717) is 18.1 Å². The van der Waals surface area contributed by atoms with Crippen molar-refractivity contribution >= 4 is 0 Å². The molecule has 0 aliphatic rings. The molecule has 0 saturated heterocycles. The minimum atomic E-state index is -0.121. The Morgan fingerprint density at radius 3 is 2.45 bits per heavy atom. The Hall–Kier alpha value is -2.59. The van der Waals surface area contributed by atoms with E-state index in [1.54, 1.807) is 6.07 Å². The Kier molecular flexibility index (Phi) is 4.51. The third kappa shape index (κ3) is 3.54. The summed E-state index contributed by atoms with van der Waals surface area (Å²) in [5.41, 5.74) is 2.69. The van der Waals surface area contributed by atoms with Gasteiger partial charge in [0.1, 0.15) is 11.4 Å². The number of aromatic nitrogens is 1. The highest BCUT2D eigenvalue weighted by Crippen LogP contribution is 2.23. The van der Waals surface area contributed by atoms with Gasteiger partial charge in [-0.2, -0.15) is 0 Å². The molecule has 0 unspecified atom stereocenters. The van der Waals surface area contributed by atoms with Crippen LogP contribution in [0.3, 0.4) is 0 Å². The molecule has 0 atom stereocenters. The first kappa shape index (κ1) is 14.4. The van der Waals surface area contributed by atoms with Crippen LogP contribution >= 0.6 is 0 Å². The largest absolute Gasteiger partial charge is 0.493 e. The monoisotopic (exact) mass is 295 g/mol. The lowest BCUT2D eigenvalue weighted by molar-refractivity contribution is 0.267. The van der Waals surface area contributed by atoms with Crippen molar-refractivity contribution in [3.8, 4) is 17.1 Å². The normalized spacial score (nSPS) is 10.6. The molecule has 1 aromatic heterocycles. The number of aliphatic hydroxyl groups is 1. The molecule has 0 radical (unpaired) electrons. The van der Waals surface area contributed by atoms with E-state index >= 15 is 0 Å². The molecule has 4 nitrogen and oxygen atoms in total. The molecular formula is C18H17NO3. The fraction of sp³-hybridized carbons (Fsp3) is 0.167. The van der Waals surface area contributed by atoms with E-state index in [9.17, 15) is 0 Å². The molecule has 0 saturated carbocycles. The van der Waals surface area contributed by atoms with Crippen LogP contribution in [-0.4, -0.2) is 16.9 Å². The summed E-state index contributed by atoms with van der Waals surface area (Å²) >= 11 is 0. The lowest BCUT2D eigenvalue weighted by Gasteiger charge is -2.06. The molecule has 3 rings (SSSR count). The number of hydrogen-bond acceptors (Lipinski definition) is 4. The van der Waals surface area contributed by atoms with Gasteiger partial charge < -0.3 is 14.4 Å². The second-order valence-electron chi connectivity index (χ2n) is 4.95. The first-order chi connectivity index (χ1) is 10.8. The van der Waals surface area contributed by atoms with Gasteiger partial charge in [-0.25, -0.2) is 0 Å². The maximum absolute atomic E-state index is 8.99. The fourth-order valence-corrected chi connectivity index (χ4v) is 2.17. The van der Waals surface area contributed by atoms with Crippen LogP contribution in [0.15, 0.2) is 65.2 Å². The van der Waals surface area contributed by atoms with Gasteiger partial charge in [0.25, 0.3) is 0 Å². The summed E-state index contributed by atoms with van der Waals surface area (Å²) in [7, 11) is 0. The van der Waals surface area contributed by atoms with Crippen LogP contribution in [0.4, 0.5) is 0 Å². The maximum Gasteiger partial charge on any atom is 0.167 e. The molecule has 0 fully saturated rings. The summed E-state index contributed by atoms with van der Waals surface area (Å²) in [4.78, 5) is 0. The topological polar surface area (TPSA) is 55.5 Å². The number of hydrogen-bond donors (Lipinski definition) is 1. The second-order valence-corrected chi connectivity index (χ2v) is 4.95. The van der Waals surface area contributed by atoms with Gasteiger partial charge in [0.15, 0.2) is 5.76 Å². The molecule has 4 heteroatoms. The molecule has 0 spiro atoms. The highest BCUT2D eigenvalue weighted by Gasteiger charge is 2.06. The third-order valence-corrected chi connectivity index (χ3v) is 3.36. The summed E-state index contributed by atoms with van der Waals surface area (Å²) < 4.78 is 10.9. The maximum atomic E-state index is 8.99. The average Bonchev–Trinajstić information content (AvgIpc) is 3.06. The Bertz CT molecular complexity index is 705. The van der Waals surface area contributed by atoms with E-state index in [1.807, 2.05) is 42.5 Å². The Balaban J connectivity index is 1.57. The van der Waals surface area contributed by atoms with Crippen LogP contribution in [0.25, 0.3) is 11.3 Å². The van der Waals surface area contributed by atoms with Gasteiger partial charge in [-0.3, -0.25) is 0 Å². The zero-order valence-electron chi connectivity index (χ0n) is 12.1. The minimum absolute atomic E-state index is 0.121. The summed E-state index contributed by atoms with van der Waals surface area (Å²) in [6, 6.07) is 19.6. The van der Waals surface area contributed by atoms with Crippen LogP contribution in [0.1, 0.15) is 11.3 Å². The third-order valence-electron chi connectivity index (χ3n) is 3.36. The van der Waals surface area contributed by atoms with Gasteiger partial charge in [-0.05, 0) is 29.8 Å². The number of ether oxygens (including phenoxy) is 1. The quantitative estimate of drug-likeness (QED) is 0.756.